The van der Waals surface area contributed by atoms with Gasteiger partial charge in [0.15, 0.2) is 0 Å². The van der Waals surface area contributed by atoms with Crippen molar-refractivity contribution in [3.8, 4) is 6.07 Å². The van der Waals surface area contributed by atoms with E-state index in [-0.39, 0.29) is 17.3 Å². The molecule has 0 aromatic heterocycles. The quantitative estimate of drug-likeness (QED) is 0.561. The van der Waals surface area contributed by atoms with Gasteiger partial charge >= 0.3 is 0 Å². The number of anilines is 3. The molecule has 2 heterocycles. The third-order valence-electron chi connectivity index (χ3n) is 6.23. The van der Waals surface area contributed by atoms with Crippen molar-refractivity contribution in [3.63, 3.8) is 0 Å². The molecule has 2 aromatic rings. The molecule has 8 heteroatoms. The number of rotatable bonds is 5. The van der Waals surface area contributed by atoms with Gasteiger partial charge in [-0.05, 0) is 55.6 Å². The van der Waals surface area contributed by atoms with Crippen LogP contribution in [0.5, 0.6) is 0 Å². The Morgan fingerprint density at radius 2 is 1.39 bits per heavy atom. The van der Waals surface area contributed by atoms with Gasteiger partial charge in [0, 0.05) is 75.6 Å². The van der Waals surface area contributed by atoms with Gasteiger partial charge in [0.2, 0.25) is 0 Å². The van der Waals surface area contributed by atoms with Crippen molar-refractivity contribution in [2.75, 3.05) is 74.5 Å². The highest BCUT2D eigenvalue weighted by atomic mass is 19.1. The van der Waals surface area contributed by atoms with Crippen molar-refractivity contribution in [1.29, 1.82) is 5.26 Å². The summed E-state index contributed by atoms with van der Waals surface area (Å²) in [4.78, 5) is 21.3. The summed E-state index contributed by atoms with van der Waals surface area (Å²) in [6, 6.07) is 16.4. The van der Waals surface area contributed by atoms with Gasteiger partial charge in [0.05, 0.1) is 0 Å². The lowest BCUT2D eigenvalue weighted by Crippen LogP contribution is -2.49. The Bertz CT molecular complexity index is 1010. The first-order chi connectivity index (χ1) is 16.0. The smallest absolute Gasteiger partial charge is 0.266 e. The summed E-state index contributed by atoms with van der Waals surface area (Å²) in [6.45, 7) is 6.40. The first-order valence-corrected chi connectivity index (χ1v) is 11.2. The molecule has 1 N–H and O–H groups in total. The van der Waals surface area contributed by atoms with Crippen LogP contribution in [0.25, 0.3) is 0 Å². The molecule has 172 valence electrons. The van der Waals surface area contributed by atoms with Crippen LogP contribution < -0.4 is 15.1 Å². The molecule has 0 unspecified atom stereocenters. The molecule has 0 saturated carbocycles. The highest BCUT2D eigenvalue weighted by Crippen LogP contribution is 2.20. The molecule has 1 amide bonds. The van der Waals surface area contributed by atoms with Crippen molar-refractivity contribution in [2.24, 2.45) is 0 Å². The van der Waals surface area contributed by atoms with E-state index in [1.165, 1.54) is 24.0 Å². The molecule has 2 aliphatic heterocycles. The second-order valence-electron chi connectivity index (χ2n) is 8.41. The molecular weight excluding hydrogens is 419 g/mol. The zero-order chi connectivity index (χ0) is 23.2. The number of hydrogen-bond acceptors (Lipinski definition) is 6. The number of halogens is 1. The average Bonchev–Trinajstić information content (AvgIpc) is 2.86. The van der Waals surface area contributed by atoms with E-state index in [1.54, 1.807) is 17.0 Å². The molecule has 0 bridgehead atoms. The first-order valence-electron chi connectivity index (χ1n) is 11.2. The third kappa shape index (κ3) is 5.62. The number of hydrogen-bond donors (Lipinski definition) is 1. The number of amides is 1. The van der Waals surface area contributed by atoms with Gasteiger partial charge < -0.3 is 24.9 Å². The molecule has 0 spiro atoms. The van der Waals surface area contributed by atoms with Gasteiger partial charge in [0.1, 0.15) is 17.5 Å². The monoisotopic (exact) mass is 448 g/mol. The van der Waals surface area contributed by atoms with Crippen LogP contribution in [0.4, 0.5) is 21.5 Å². The standard InChI is InChI=1S/C25H29FN6O/c1-29-10-12-30(13-11-29)24-8-4-22(5-9-24)28-19-20(18-27)25(33)32-16-14-31(15-17-32)23-6-2-21(26)3-7-23/h2-9,19,28H,10-17H2,1H3/b20-19-. The summed E-state index contributed by atoms with van der Waals surface area (Å²) in [5, 5.41) is 12.6. The van der Waals surface area contributed by atoms with Gasteiger partial charge in [-0.1, -0.05) is 0 Å². The number of likely N-dealkylation sites (N-methyl/N-ethyl adjacent to an activating group) is 1. The predicted octanol–water partition coefficient (Wildman–Crippen LogP) is 2.75. The minimum Gasteiger partial charge on any atom is -0.369 e. The summed E-state index contributed by atoms with van der Waals surface area (Å²) in [7, 11) is 2.14. The molecule has 4 rings (SSSR count). The largest absolute Gasteiger partial charge is 0.369 e. The topological polar surface area (TPSA) is 65.8 Å². The zero-order valence-corrected chi connectivity index (χ0v) is 18.9. The zero-order valence-electron chi connectivity index (χ0n) is 18.9. The van der Waals surface area contributed by atoms with E-state index in [1.807, 2.05) is 18.2 Å². The summed E-state index contributed by atoms with van der Waals surface area (Å²) in [6.07, 6.45) is 1.49. The Morgan fingerprint density at radius 3 is 1.94 bits per heavy atom. The van der Waals surface area contributed by atoms with Gasteiger partial charge in [-0.15, -0.1) is 0 Å². The maximum Gasteiger partial charge on any atom is 0.266 e. The third-order valence-corrected chi connectivity index (χ3v) is 6.23. The van der Waals surface area contributed by atoms with Crippen LogP contribution in [-0.4, -0.2) is 75.1 Å². The van der Waals surface area contributed by atoms with E-state index in [0.29, 0.717) is 26.2 Å². The van der Waals surface area contributed by atoms with E-state index in [0.717, 1.165) is 37.6 Å². The molecule has 0 atom stereocenters. The number of nitrogens with zero attached hydrogens (tertiary/aromatic N) is 5. The van der Waals surface area contributed by atoms with Crippen LogP contribution in [0.15, 0.2) is 60.3 Å². The van der Waals surface area contributed by atoms with Crippen molar-refractivity contribution < 1.29 is 9.18 Å². The summed E-state index contributed by atoms with van der Waals surface area (Å²) in [5.41, 5.74) is 3.01. The fraction of sp³-hybridized carbons (Fsp3) is 0.360. The second-order valence-corrected chi connectivity index (χ2v) is 8.41. The highest BCUT2D eigenvalue weighted by molar-refractivity contribution is 5.97. The van der Waals surface area contributed by atoms with E-state index in [4.69, 9.17) is 0 Å². The van der Waals surface area contributed by atoms with Gasteiger partial charge in [-0.25, -0.2) is 4.39 Å². The summed E-state index contributed by atoms with van der Waals surface area (Å²) >= 11 is 0. The van der Waals surface area contributed by atoms with E-state index in [9.17, 15) is 14.4 Å². The summed E-state index contributed by atoms with van der Waals surface area (Å²) < 4.78 is 13.1. The number of nitriles is 1. The SMILES string of the molecule is CN1CCN(c2ccc(N/C=C(/C#N)C(=O)N3CCN(c4ccc(F)cc4)CC3)cc2)CC1. The molecular formula is C25H29FN6O. The predicted molar refractivity (Wildman–Crippen MR) is 129 cm³/mol. The molecule has 2 fully saturated rings. The van der Waals surface area contributed by atoms with E-state index < -0.39 is 0 Å². The molecule has 7 nitrogen and oxygen atoms in total. The average molecular weight is 449 g/mol. The number of benzene rings is 2. The Balaban J connectivity index is 1.31. The fourth-order valence-electron chi connectivity index (χ4n) is 4.12. The lowest BCUT2D eigenvalue weighted by molar-refractivity contribution is -0.127. The van der Waals surface area contributed by atoms with Crippen molar-refractivity contribution in [3.05, 3.63) is 66.1 Å². The maximum atomic E-state index is 13.1. The van der Waals surface area contributed by atoms with Gasteiger partial charge in [-0.3, -0.25) is 4.79 Å². The normalized spacial score (nSPS) is 17.6. The number of carbonyl (C=O) groups is 1. The molecule has 33 heavy (non-hydrogen) atoms. The van der Waals surface area contributed by atoms with E-state index >= 15 is 0 Å². The van der Waals surface area contributed by atoms with Crippen LogP contribution in [-0.2, 0) is 4.79 Å². The maximum absolute atomic E-state index is 13.1. The minimum absolute atomic E-state index is 0.0772. The van der Waals surface area contributed by atoms with Crippen LogP contribution in [0.2, 0.25) is 0 Å². The molecule has 2 aromatic carbocycles. The molecule has 2 aliphatic rings. The first kappa shape index (κ1) is 22.6. The Morgan fingerprint density at radius 1 is 0.879 bits per heavy atom. The summed E-state index contributed by atoms with van der Waals surface area (Å²) in [5.74, 6) is -0.546. The van der Waals surface area contributed by atoms with Crippen LogP contribution >= 0.6 is 0 Å². The second kappa shape index (κ2) is 10.4. The number of carbonyl (C=O) groups excluding carboxylic acids is 1. The lowest BCUT2D eigenvalue weighted by atomic mass is 10.2. The van der Waals surface area contributed by atoms with Crippen molar-refractivity contribution in [2.45, 2.75) is 0 Å². The highest BCUT2D eigenvalue weighted by Gasteiger charge is 2.24. The van der Waals surface area contributed by atoms with Gasteiger partial charge in [-0.2, -0.15) is 5.26 Å². The van der Waals surface area contributed by atoms with Crippen LogP contribution in [0, 0.1) is 17.1 Å². The van der Waals surface area contributed by atoms with Crippen molar-refractivity contribution in [1.82, 2.24) is 9.80 Å². The van der Waals surface area contributed by atoms with Gasteiger partial charge in [0.25, 0.3) is 5.91 Å². The Hall–Kier alpha value is -3.57. The Kier molecular flexibility index (Phi) is 7.10. The lowest BCUT2D eigenvalue weighted by Gasteiger charge is -2.36. The fourth-order valence-corrected chi connectivity index (χ4v) is 4.12. The molecule has 0 radical (unpaired) electrons. The Labute approximate surface area is 194 Å². The van der Waals surface area contributed by atoms with Crippen LogP contribution in [0.3, 0.4) is 0 Å². The van der Waals surface area contributed by atoms with Crippen LogP contribution in [0.1, 0.15) is 0 Å². The van der Waals surface area contributed by atoms with E-state index in [2.05, 4.69) is 39.2 Å². The number of piperazine rings is 2. The van der Waals surface area contributed by atoms with Crippen molar-refractivity contribution >= 4 is 23.0 Å². The molecule has 2 saturated heterocycles. The minimum atomic E-state index is -0.280. The molecule has 0 aliphatic carbocycles. The number of nitrogens with one attached hydrogen (secondary N) is 1.